The van der Waals surface area contributed by atoms with Crippen LogP contribution in [0.25, 0.3) is 0 Å². The minimum absolute atomic E-state index is 0.192. The van der Waals surface area contributed by atoms with Gasteiger partial charge in [-0.3, -0.25) is 4.79 Å². The van der Waals surface area contributed by atoms with Crippen LogP contribution in [0.1, 0.15) is 10.4 Å². The summed E-state index contributed by atoms with van der Waals surface area (Å²) in [5.41, 5.74) is -0.192. The van der Waals surface area contributed by atoms with Gasteiger partial charge in [-0.15, -0.1) is 0 Å². The third kappa shape index (κ3) is 3.52. The van der Waals surface area contributed by atoms with E-state index in [0.29, 0.717) is 6.07 Å². The Morgan fingerprint density at radius 1 is 1.21 bits per heavy atom. The van der Waals surface area contributed by atoms with Crippen LogP contribution in [0.3, 0.4) is 0 Å². The zero-order chi connectivity index (χ0) is 13.8. The molecule has 0 aliphatic carbocycles. The summed E-state index contributed by atoms with van der Waals surface area (Å²) in [6, 6.07) is 5.58. The molecule has 2 rings (SSSR count). The number of hydrogen-bond donors (Lipinski definition) is 0. The SMILES string of the molecule is CN1CCN(C#CC(=O)c2ccc(F)cc2F)CC1. The van der Waals surface area contributed by atoms with Crippen molar-refractivity contribution in [1.29, 1.82) is 0 Å². The average molecular weight is 264 g/mol. The first kappa shape index (κ1) is 13.5. The maximum atomic E-state index is 13.4. The Hall–Kier alpha value is -1.93. The fraction of sp³-hybridized carbons (Fsp3) is 0.357. The number of carbonyl (C=O) groups excluding carboxylic acids is 1. The van der Waals surface area contributed by atoms with Gasteiger partial charge in [0.05, 0.1) is 5.56 Å². The fourth-order valence-electron chi connectivity index (χ4n) is 1.79. The summed E-state index contributed by atoms with van der Waals surface area (Å²) >= 11 is 0. The number of benzene rings is 1. The standard InChI is InChI=1S/C14H14F2N2O/c1-17-6-8-18(9-7-17)5-4-14(19)12-3-2-11(15)10-13(12)16/h2-3,10H,6-9H2,1H3. The number of rotatable bonds is 1. The number of nitrogens with zero attached hydrogens (tertiary/aromatic N) is 2. The lowest BCUT2D eigenvalue weighted by atomic mass is 10.1. The molecule has 3 nitrogen and oxygen atoms in total. The topological polar surface area (TPSA) is 23.6 Å². The molecule has 1 saturated heterocycles. The first-order chi connectivity index (χ1) is 9.06. The molecule has 0 radical (unpaired) electrons. The summed E-state index contributed by atoms with van der Waals surface area (Å²) in [4.78, 5) is 15.7. The van der Waals surface area contributed by atoms with Gasteiger partial charge in [0.2, 0.25) is 5.78 Å². The third-order valence-corrected chi connectivity index (χ3v) is 3.01. The molecular weight excluding hydrogens is 250 g/mol. The van der Waals surface area contributed by atoms with Crippen LogP contribution in [-0.4, -0.2) is 48.8 Å². The molecule has 1 fully saturated rings. The van der Waals surface area contributed by atoms with E-state index in [1.165, 1.54) is 0 Å². The molecule has 0 atom stereocenters. The largest absolute Gasteiger partial charge is 0.330 e. The molecule has 19 heavy (non-hydrogen) atoms. The van der Waals surface area contributed by atoms with E-state index in [4.69, 9.17) is 0 Å². The second-order valence-electron chi connectivity index (χ2n) is 4.48. The number of piperazine rings is 1. The minimum atomic E-state index is -0.877. The van der Waals surface area contributed by atoms with Gasteiger partial charge in [-0.1, -0.05) is 0 Å². The summed E-state index contributed by atoms with van der Waals surface area (Å²) in [6.45, 7) is 3.27. The molecule has 1 aliphatic heterocycles. The van der Waals surface area contributed by atoms with E-state index in [9.17, 15) is 13.6 Å². The van der Waals surface area contributed by atoms with Crippen molar-refractivity contribution in [1.82, 2.24) is 9.80 Å². The quantitative estimate of drug-likeness (QED) is 0.565. The van der Waals surface area contributed by atoms with Crippen LogP contribution < -0.4 is 0 Å². The molecule has 1 aliphatic rings. The Labute approximate surface area is 110 Å². The fourth-order valence-corrected chi connectivity index (χ4v) is 1.79. The predicted molar refractivity (Wildman–Crippen MR) is 67.5 cm³/mol. The molecule has 1 heterocycles. The predicted octanol–water partition coefficient (Wildman–Crippen LogP) is 1.36. The molecule has 0 saturated carbocycles. The van der Waals surface area contributed by atoms with Crippen molar-refractivity contribution >= 4 is 5.78 Å². The zero-order valence-corrected chi connectivity index (χ0v) is 10.6. The van der Waals surface area contributed by atoms with Crippen molar-refractivity contribution in [3.8, 4) is 12.0 Å². The Kier molecular flexibility index (Phi) is 4.13. The number of likely N-dealkylation sites (N-methyl/N-ethyl adjacent to an activating group) is 1. The van der Waals surface area contributed by atoms with Gasteiger partial charge in [-0.25, -0.2) is 8.78 Å². The van der Waals surface area contributed by atoms with E-state index in [0.717, 1.165) is 38.3 Å². The third-order valence-electron chi connectivity index (χ3n) is 3.01. The van der Waals surface area contributed by atoms with Gasteiger partial charge >= 0.3 is 0 Å². The highest BCUT2D eigenvalue weighted by Crippen LogP contribution is 2.09. The number of Topliss-reactive ketones (excluding diaryl/α,β-unsaturated/α-hetero) is 1. The minimum Gasteiger partial charge on any atom is -0.330 e. The zero-order valence-electron chi connectivity index (χ0n) is 10.6. The second kappa shape index (κ2) is 5.81. The molecule has 1 aromatic rings. The normalized spacial score (nSPS) is 15.8. The lowest BCUT2D eigenvalue weighted by Crippen LogP contribution is -2.42. The van der Waals surface area contributed by atoms with E-state index in [-0.39, 0.29) is 5.56 Å². The molecule has 0 bridgehead atoms. The van der Waals surface area contributed by atoms with Crippen LogP contribution in [-0.2, 0) is 0 Å². The highest BCUT2D eigenvalue weighted by Gasteiger charge is 2.12. The molecule has 100 valence electrons. The Balaban J connectivity index is 2.05. The van der Waals surface area contributed by atoms with Crippen molar-refractivity contribution in [2.45, 2.75) is 0 Å². The van der Waals surface area contributed by atoms with E-state index < -0.39 is 17.4 Å². The van der Waals surface area contributed by atoms with Gasteiger partial charge in [0.25, 0.3) is 0 Å². The summed E-state index contributed by atoms with van der Waals surface area (Å²) in [5, 5.41) is 0. The maximum absolute atomic E-state index is 13.4. The highest BCUT2D eigenvalue weighted by atomic mass is 19.1. The van der Waals surface area contributed by atoms with Crippen LogP contribution in [0, 0.1) is 23.6 Å². The van der Waals surface area contributed by atoms with Crippen LogP contribution >= 0.6 is 0 Å². The summed E-state index contributed by atoms with van der Waals surface area (Å²) in [5.74, 6) is 0.187. The molecular formula is C14H14F2N2O. The summed E-state index contributed by atoms with van der Waals surface area (Å²) < 4.78 is 26.1. The van der Waals surface area contributed by atoms with Crippen molar-refractivity contribution in [2.24, 2.45) is 0 Å². The van der Waals surface area contributed by atoms with E-state index >= 15 is 0 Å². The first-order valence-corrected chi connectivity index (χ1v) is 6.01. The van der Waals surface area contributed by atoms with Gasteiger partial charge in [0.1, 0.15) is 11.6 Å². The smallest absolute Gasteiger partial charge is 0.240 e. The lowest BCUT2D eigenvalue weighted by Gasteiger charge is -2.29. The summed E-state index contributed by atoms with van der Waals surface area (Å²) in [7, 11) is 2.02. The van der Waals surface area contributed by atoms with E-state index in [1.807, 2.05) is 11.9 Å². The molecule has 0 amide bonds. The monoisotopic (exact) mass is 264 g/mol. The average Bonchev–Trinajstić information content (AvgIpc) is 2.37. The van der Waals surface area contributed by atoms with Crippen molar-refractivity contribution < 1.29 is 13.6 Å². The molecule has 5 heteroatoms. The van der Waals surface area contributed by atoms with E-state index in [2.05, 4.69) is 16.9 Å². The molecule has 1 aromatic carbocycles. The Morgan fingerprint density at radius 2 is 1.89 bits per heavy atom. The van der Waals surface area contributed by atoms with Gasteiger partial charge < -0.3 is 9.80 Å². The molecule has 0 spiro atoms. The van der Waals surface area contributed by atoms with Crippen LogP contribution in [0.5, 0.6) is 0 Å². The van der Waals surface area contributed by atoms with Crippen molar-refractivity contribution in [3.63, 3.8) is 0 Å². The van der Waals surface area contributed by atoms with Crippen LogP contribution in [0.2, 0.25) is 0 Å². The summed E-state index contributed by atoms with van der Waals surface area (Å²) in [6.07, 6.45) is 0. The Bertz CT molecular complexity index is 540. The van der Waals surface area contributed by atoms with Crippen LogP contribution in [0.15, 0.2) is 18.2 Å². The maximum Gasteiger partial charge on any atom is 0.240 e. The lowest BCUT2D eigenvalue weighted by molar-refractivity contribution is 0.105. The van der Waals surface area contributed by atoms with E-state index in [1.54, 1.807) is 0 Å². The van der Waals surface area contributed by atoms with Crippen molar-refractivity contribution in [2.75, 3.05) is 33.2 Å². The van der Waals surface area contributed by atoms with Gasteiger partial charge in [0, 0.05) is 44.2 Å². The molecule has 0 N–H and O–H groups in total. The number of carbonyl (C=O) groups is 1. The number of ketones is 1. The molecule has 0 aromatic heterocycles. The second-order valence-corrected chi connectivity index (χ2v) is 4.48. The van der Waals surface area contributed by atoms with Crippen LogP contribution in [0.4, 0.5) is 8.78 Å². The number of halogens is 2. The van der Waals surface area contributed by atoms with Gasteiger partial charge in [-0.2, -0.15) is 0 Å². The highest BCUT2D eigenvalue weighted by molar-refractivity contribution is 6.09. The molecule has 0 unspecified atom stereocenters. The number of hydrogen-bond acceptors (Lipinski definition) is 3. The van der Waals surface area contributed by atoms with Gasteiger partial charge in [0.15, 0.2) is 0 Å². The Morgan fingerprint density at radius 3 is 2.53 bits per heavy atom. The van der Waals surface area contributed by atoms with Crippen molar-refractivity contribution in [3.05, 3.63) is 35.4 Å². The first-order valence-electron chi connectivity index (χ1n) is 6.01. The van der Waals surface area contributed by atoms with Gasteiger partial charge in [-0.05, 0) is 19.2 Å².